The first-order valence-electron chi connectivity index (χ1n) is 5.19. The van der Waals surface area contributed by atoms with Crippen molar-refractivity contribution >= 4 is 44.6 Å². The number of carbonyl (C=O) groups excluding carboxylic acids is 1. The zero-order valence-electron chi connectivity index (χ0n) is 9.83. The maximum absolute atomic E-state index is 12.1. The van der Waals surface area contributed by atoms with Crippen LogP contribution in [-0.4, -0.2) is 19.4 Å². The van der Waals surface area contributed by atoms with E-state index in [1.165, 1.54) is 22.8 Å². The average molecular weight is 333 g/mol. The second kappa shape index (κ2) is 5.31. The lowest BCUT2D eigenvalue weighted by atomic mass is 10.2. The van der Waals surface area contributed by atoms with Gasteiger partial charge < -0.3 is 10.8 Å². The molecule has 0 aliphatic rings. The van der Waals surface area contributed by atoms with Crippen LogP contribution in [-0.2, 0) is 10.0 Å². The Hall–Kier alpha value is -1.77. The largest absolute Gasteiger partial charge is 0.507 e. The monoisotopic (exact) mass is 332 g/mol. The Bertz CT molecular complexity index is 770. The summed E-state index contributed by atoms with van der Waals surface area (Å²) in [6, 6.07) is 4.72. The van der Waals surface area contributed by atoms with Gasteiger partial charge in [0.2, 0.25) is 0 Å². The van der Waals surface area contributed by atoms with Crippen molar-refractivity contribution in [1.82, 2.24) is 0 Å². The van der Waals surface area contributed by atoms with Crippen LogP contribution in [0.4, 0.5) is 5.69 Å². The number of sulfonamides is 1. The maximum Gasteiger partial charge on any atom is 0.261 e. The van der Waals surface area contributed by atoms with Gasteiger partial charge in [0.05, 0.1) is 20.5 Å². The summed E-state index contributed by atoms with van der Waals surface area (Å²) in [6.45, 7) is 0. The average Bonchev–Trinajstić information content (AvgIpc) is 2.73. The van der Waals surface area contributed by atoms with E-state index >= 15 is 0 Å². The Morgan fingerprint density at radius 1 is 1.35 bits per heavy atom. The Morgan fingerprint density at radius 3 is 2.60 bits per heavy atom. The third-order valence-corrected chi connectivity index (χ3v) is 4.83. The smallest absolute Gasteiger partial charge is 0.261 e. The number of amides is 1. The van der Waals surface area contributed by atoms with Crippen LogP contribution in [0.15, 0.2) is 34.5 Å². The summed E-state index contributed by atoms with van der Waals surface area (Å²) in [5, 5.41) is 11.0. The number of hydrogen-bond donors (Lipinski definition) is 3. The van der Waals surface area contributed by atoms with Crippen molar-refractivity contribution < 1.29 is 18.3 Å². The molecule has 2 aromatic rings. The molecule has 0 aliphatic heterocycles. The number of rotatable bonds is 4. The van der Waals surface area contributed by atoms with Gasteiger partial charge in [0.1, 0.15) is 5.75 Å². The van der Waals surface area contributed by atoms with Crippen molar-refractivity contribution in [1.29, 1.82) is 0 Å². The molecule has 0 spiro atoms. The first-order valence-corrected chi connectivity index (χ1v) is 7.93. The lowest BCUT2D eigenvalue weighted by Gasteiger charge is -2.08. The number of aromatic hydroxyl groups is 1. The number of phenols is 1. The Kier molecular flexibility index (Phi) is 3.89. The molecule has 106 valence electrons. The Balaban J connectivity index is 2.39. The number of nitrogens with two attached hydrogens (primary N) is 1. The third-order valence-electron chi connectivity index (χ3n) is 2.36. The summed E-state index contributed by atoms with van der Waals surface area (Å²) in [5.74, 6) is -1.30. The van der Waals surface area contributed by atoms with Gasteiger partial charge in [-0.15, -0.1) is 11.3 Å². The van der Waals surface area contributed by atoms with Gasteiger partial charge in [-0.05, 0) is 24.3 Å². The van der Waals surface area contributed by atoms with Gasteiger partial charge >= 0.3 is 0 Å². The number of primary amides is 1. The van der Waals surface area contributed by atoms with Crippen molar-refractivity contribution in [2.75, 3.05) is 4.72 Å². The zero-order valence-corrected chi connectivity index (χ0v) is 12.2. The summed E-state index contributed by atoms with van der Waals surface area (Å²) in [7, 11) is -3.89. The Labute approximate surface area is 123 Å². The van der Waals surface area contributed by atoms with E-state index in [9.17, 15) is 18.3 Å². The molecule has 0 fully saturated rings. The predicted molar refractivity (Wildman–Crippen MR) is 76.8 cm³/mol. The normalized spacial score (nSPS) is 11.2. The first kappa shape index (κ1) is 14.6. The van der Waals surface area contributed by atoms with E-state index in [0.29, 0.717) is 10.0 Å². The van der Waals surface area contributed by atoms with E-state index in [1.807, 2.05) is 0 Å². The second-order valence-electron chi connectivity index (χ2n) is 3.79. The van der Waals surface area contributed by atoms with Crippen LogP contribution in [0.1, 0.15) is 10.4 Å². The van der Waals surface area contributed by atoms with Gasteiger partial charge in [0.15, 0.2) is 0 Å². The van der Waals surface area contributed by atoms with Crippen molar-refractivity contribution in [2.45, 2.75) is 4.90 Å². The van der Waals surface area contributed by atoms with Crippen LogP contribution in [0.2, 0.25) is 4.34 Å². The lowest BCUT2D eigenvalue weighted by Crippen LogP contribution is -2.15. The molecule has 9 heteroatoms. The minimum atomic E-state index is -3.89. The molecule has 20 heavy (non-hydrogen) atoms. The minimum Gasteiger partial charge on any atom is -0.507 e. The standard InChI is InChI=1S/C11H9ClN2O4S2/c12-10-3-6(5-19-10)14-20(17,18)7-1-2-9(15)8(4-7)11(13)16/h1-5,14-15H,(H2,13,16). The molecule has 1 heterocycles. The van der Waals surface area contributed by atoms with Crippen LogP contribution in [0, 0.1) is 0 Å². The molecule has 0 radical (unpaired) electrons. The van der Waals surface area contributed by atoms with Crippen molar-refractivity contribution in [2.24, 2.45) is 5.73 Å². The van der Waals surface area contributed by atoms with E-state index in [2.05, 4.69) is 4.72 Å². The van der Waals surface area contributed by atoms with E-state index < -0.39 is 15.9 Å². The van der Waals surface area contributed by atoms with Crippen LogP contribution in [0.5, 0.6) is 5.75 Å². The first-order chi connectivity index (χ1) is 9.29. The van der Waals surface area contributed by atoms with Gasteiger partial charge in [0, 0.05) is 5.38 Å². The number of anilines is 1. The molecule has 1 aromatic heterocycles. The number of benzene rings is 1. The van der Waals surface area contributed by atoms with Gasteiger partial charge in [-0.3, -0.25) is 9.52 Å². The minimum absolute atomic E-state index is 0.188. The molecule has 1 aromatic carbocycles. The maximum atomic E-state index is 12.1. The zero-order chi connectivity index (χ0) is 14.9. The molecule has 0 saturated heterocycles. The molecule has 2 rings (SSSR count). The number of halogens is 1. The van der Waals surface area contributed by atoms with Crippen molar-refractivity contribution in [3.05, 3.63) is 39.5 Å². The summed E-state index contributed by atoms with van der Waals surface area (Å²) < 4.78 is 27.0. The van der Waals surface area contributed by atoms with E-state index in [-0.39, 0.29) is 16.2 Å². The third kappa shape index (κ3) is 3.03. The fourth-order valence-corrected chi connectivity index (χ4v) is 3.41. The number of nitrogens with one attached hydrogen (secondary N) is 1. The van der Waals surface area contributed by atoms with E-state index in [4.69, 9.17) is 17.3 Å². The molecule has 0 atom stereocenters. The number of carbonyl (C=O) groups is 1. The highest BCUT2D eigenvalue weighted by atomic mass is 35.5. The SMILES string of the molecule is NC(=O)c1cc(S(=O)(=O)Nc2csc(Cl)c2)ccc1O. The van der Waals surface area contributed by atoms with Gasteiger partial charge in [-0.1, -0.05) is 11.6 Å². The van der Waals surface area contributed by atoms with Crippen molar-refractivity contribution in [3.63, 3.8) is 0 Å². The molecule has 0 aliphatic carbocycles. The molecule has 6 nitrogen and oxygen atoms in total. The number of hydrogen-bond acceptors (Lipinski definition) is 5. The van der Waals surface area contributed by atoms with Gasteiger partial charge in [-0.2, -0.15) is 0 Å². The van der Waals surface area contributed by atoms with Crippen LogP contribution >= 0.6 is 22.9 Å². The quantitative estimate of drug-likeness (QED) is 0.795. The number of thiophene rings is 1. The molecule has 1 amide bonds. The fraction of sp³-hybridized carbons (Fsp3) is 0. The van der Waals surface area contributed by atoms with Crippen molar-refractivity contribution in [3.8, 4) is 5.75 Å². The highest BCUT2D eigenvalue weighted by Crippen LogP contribution is 2.27. The van der Waals surface area contributed by atoms with Crippen LogP contribution in [0.25, 0.3) is 0 Å². The van der Waals surface area contributed by atoms with E-state index in [0.717, 1.165) is 18.2 Å². The Morgan fingerprint density at radius 2 is 2.05 bits per heavy atom. The van der Waals surface area contributed by atoms with Crippen LogP contribution < -0.4 is 10.5 Å². The van der Waals surface area contributed by atoms with E-state index in [1.54, 1.807) is 0 Å². The fourth-order valence-electron chi connectivity index (χ4n) is 1.46. The second-order valence-corrected chi connectivity index (χ2v) is 7.01. The highest BCUT2D eigenvalue weighted by Gasteiger charge is 2.18. The predicted octanol–water partition coefficient (Wildman–Crippen LogP) is 2.01. The summed E-state index contributed by atoms with van der Waals surface area (Å²) in [4.78, 5) is 10.9. The molecular weight excluding hydrogens is 324 g/mol. The summed E-state index contributed by atoms with van der Waals surface area (Å²) >= 11 is 6.89. The van der Waals surface area contributed by atoms with Crippen LogP contribution in [0.3, 0.4) is 0 Å². The van der Waals surface area contributed by atoms with Gasteiger partial charge in [0.25, 0.3) is 15.9 Å². The lowest BCUT2D eigenvalue weighted by molar-refractivity contribution is 0.0997. The highest BCUT2D eigenvalue weighted by molar-refractivity contribution is 7.92. The molecule has 4 N–H and O–H groups in total. The molecule has 0 bridgehead atoms. The topological polar surface area (TPSA) is 109 Å². The molecule has 0 saturated carbocycles. The molecule has 0 unspecified atom stereocenters. The van der Waals surface area contributed by atoms with Gasteiger partial charge in [-0.25, -0.2) is 8.42 Å². The molecular formula is C11H9ClN2O4S2. The summed E-state index contributed by atoms with van der Waals surface area (Å²) in [5.41, 5.74) is 5.10. The summed E-state index contributed by atoms with van der Waals surface area (Å²) in [6.07, 6.45) is 0.